The second-order valence-corrected chi connectivity index (χ2v) is 6.54. The summed E-state index contributed by atoms with van der Waals surface area (Å²) in [5.74, 6) is -3.09. The number of ether oxygens (including phenoxy) is 1. The van der Waals surface area contributed by atoms with E-state index in [0.717, 1.165) is 42.5 Å². The van der Waals surface area contributed by atoms with Crippen LogP contribution < -0.4 is 9.04 Å². The summed E-state index contributed by atoms with van der Waals surface area (Å²) in [4.78, 5) is 10.6. The number of halogens is 2. The second kappa shape index (κ2) is 6.83. The minimum Gasteiger partial charge on any atom is -0.494 e. The monoisotopic (exact) mass is 357 g/mol. The van der Waals surface area contributed by atoms with Crippen molar-refractivity contribution in [2.24, 2.45) is 0 Å². The summed E-state index contributed by atoms with van der Waals surface area (Å²) in [6.45, 7) is -0.901. The van der Waals surface area contributed by atoms with E-state index < -0.39 is 39.1 Å². The van der Waals surface area contributed by atoms with Crippen LogP contribution in [0.4, 0.5) is 14.5 Å². The Bertz CT molecular complexity index is 853. The molecule has 0 spiro atoms. The van der Waals surface area contributed by atoms with Crippen molar-refractivity contribution >= 4 is 21.7 Å². The van der Waals surface area contributed by atoms with Gasteiger partial charge in [0, 0.05) is 0 Å². The maximum absolute atomic E-state index is 13.8. The molecule has 0 fully saturated rings. The van der Waals surface area contributed by atoms with Gasteiger partial charge in [-0.2, -0.15) is 0 Å². The highest BCUT2D eigenvalue weighted by molar-refractivity contribution is 7.92. The van der Waals surface area contributed by atoms with Gasteiger partial charge in [-0.1, -0.05) is 0 Å². The number of aliphatic carboxylic acids is 1. The molecule has 0 heterocycles. The largest absolute Gasteiger partial charge is 0.494 e. The van der Waals surface area contributed by atoms with Gasteiger partial charge in [-0.3, -0.25) is 9.10 Å². The van der Waals surface area contributed by atoms with Crippen LogP contribution >= 0.6 is 0 Å². The number of carboxylic acid groups (broad SMARTS) is 1. The lowest BCUT2D eigenvalue weighted by molar-refractivity contribution is -0.135. The van der Waals surface area contributed by atoms with Gasteiger partial charge in [0.15, 0.2) is 11.6 Å². The third-order valence-electron chi connectivity index (χ3n) is 3.10. The van der Waals surface area contributed by atoms with E-state index in [-0.39, 0.29) is 11.4 Å². The van der Waals surface area contributed by atoms with Gasteiger partial charge in [0.1, 0.15) is 12.4 Å². The van der Waals surface area contributed by atoms with Crippen molar-refractivity contribution in [3.8, 4) is 5.75 Å². The molecule has 2 aromatic rings. The highest BCUT2D eigenvalue weighted by Crippen LogP contribution is 2.27. The van der Waals surface area contributed by atoms with Crippen molar-refractivity contribution in [2.45, 2.75) is 4.90 Å². The van der Waals surface area contributed by atoms with Crippen molar-refractivity contribution in [3.05, 3.63) is 54.1 Å². The van der Waals surface area contributed by atoms with E-state index in [1.54, 1.807) is 0 Å². The smallest absolute Gasteiger partial charge is 0.324 e. The van der Waals surface area contributed by atoms with Gasteiger partial charge >= 0.3 is 5.97 Å². The summed E-state index contributed by atoms with van der Waals surface area (Å²) in [5, 5.41) is 8.97. The number of rotatable bonds is 6. The Hall–Kier alpha value is -2.68. The molecule has 9 heteroatoms. The predicted octanol–water partition coefficient (Wildman–Crippen LogP) is 2.25. The topological polar surface area (TPSA) is 83.9 Å². The molecule has 0 amide bonds. The number of carboxylic acids is 1. The van der Waals surface area contributed by atoms with Gasteiger partial charge in [0.05, 0.1) is 17.7 Å². The van der Waals surface area contributed by atoms with Crippen LogP contribution in [0.3, 0.4) is 0 Å². The van der Waals surface area contributed by atoms with Crippen molar-refractivity contribution in [3.63, 3.8) is 0 Å². The number of anilines is 1. The molecule has 0 bridgehead atoms. The number of hydrogen-bond acceptors (Lipinski definition) is 4. The lowest BCUT2D eigenvalue weighted by Gasteiger charge is -2.23. The molecular weight excluding hydrogens is 344 g/mol. The van der Waals surface area contributed by atoms with Crippen LogP contribution in [0, 0.1) is 11.6 Å². The first-order valence-electron chi connectivity index (χ1n) is 6.59. The molecule has 2 rings (SSSR count). The standard InChI is InChI=1S/C15H13F2NO5S/c1-23-14-7-6-12(8-13(14)17)24(21,22)18(9-15(19)20)11-4-2-10(16)3-5-11/h2-8H,9H2,1H3,(H,19,20). The highest BCUT2D eigenvalue weighted by Gasteiger charge is 2.28. The lowest BCUT2D eigenvalue weighted by atomic mass is 10.3. The molecule has 0 aliphatic rings. The fraction of sp³-hybridized carbons (Fsp3) is 0.133. The minimum absolute atomic E-state index is 0.0602. The number of methoxy groups -OCH3 is 1. The fourth-order valence-electron chi connectivity index (χ4n) is 1.98. The molecule has 0 aliphatic heterocycles. The third kappa shape index (κ3) is 3.62. The van der Waals surface area contributed by atoms with Crippen molar-refractivity contribution in [1.29, 1.82) is 0 Å². The Balaban J connectivity index is 2.53. The van der Waals surface area contributed by atoms with Crippen LogP contribution in [-0.4, -0.2) is 33.1 Å². The molecule has 6 nitrogen and oxygen atoms in total. The Morgan fingerprint density at radius 1 is 1.17 bits per heavy atom. The summed E-state index contributed by atoms with van der Waals surface area (Å²) in [5.41, 5.74) is -0.0602. The van der Waals surface area contributed by atoms with Crippen LogP contribution in [-0.2, 0) is 14.8 Å². The van der Waals surface area contributed by atoms with E-state index in [1.807, 2.05) is 0 Å². The predicted molar refractivity (Wildman–Crippen MR) is 81.5 cm³/mol. The SMILES string of the molecule is COc1ccc(S(=O)(=O)N(CC(=O)O)c2ccc(F)cc2)cc1F. The average molecular weight is 357 g/mol. The zero-order chi connectivity index (χ0) is 17.9. The number of benzene rings is 2. The first-order chi connectivity index (χ1) is 11.3. The van der Waals surface area contributed by atoms with Crippen LogP contribution in [0.15, 0.2) is 47.4 Å². The first-order valence-corrected chi connectivity index (χ1v) is 8.03. The summed E-state index contributed by atoms with van der Waals surface area (Å²) >= 11 is 0. The lowest BCUT2D eigenvalue weighted by Crippen LogP contribution is -2.35. The molecule has 0 atom stereocenters. The average Bonchev–Trinajstić information content (AvgIpc) is 2.53. The molecule has 0 aromatic heterocycles. The van der Waals surface area contributed by atoms with Gasteiger partial charge in [-0.15, -0.1) is 0 Å². The van der Waals surface area contributed by atoms with Crippen molar-refractivity contribution in [1.82, 2.24) is 0 Å². The quantitative estimate of drug-likeness (QED) is 0.857. The number of nitrogens with zero attached hydrogens (tertiary/aromatic N) is 1. The van der Waals surface area contributed by atoms with E-state index >= 15 is 0 Å². The van der Waals surface area contributed by atoms with E-state index in [9.17, 15) is 22.0 Å². The highest BCUT2D eigenvalue weighted by atomic mass is 32.2. The maximum Gasteiger partial charge on any atom is 0.324 e. The van der Waals surface area contributed by atoms with Crippen LogP contribution in [0.5, 0.6) is 5.75 Å². The van der Waals surface area contributed by atoms with Gasteiger partial charge in [-0.25, -0.2) is 17.2 Å². The first kappa shape index (κ1) is 17.7. The Morgan fingerprint density at radius 3 is 2.29 bits per heavy atom. The Kier molecular flexibility index (Phi) is 5.03. The summed E-state index contributed by atoms with van der Waals surface area (Å²) in [6, 6.07) is 7.17. The molecule has 2 aromatic carbocycles. The molecular formula is C15H13F2NO5S. The van der Waals surface area contributed by atoms with Gasteiger partial charge < -0.3 is 9.84 Å². The van der Waals surface area contributed by atoms with Crippen molar-refractivity contribution in [2.75, 3.05) is 18.0 Å². The molecule has 128 valence electrons. The van der Waals surface area contributed by atoms with Gasteiger partial charge in [0.2, 0.25) is 0 Å². The molecule has 0 unspecified atom stereocenters. The molecule has 24 heavy (non-hydrogen) atoms. The Morgan fingerprint density at radius 2 is 1.79 bits per heavy atom. The minimum atomic E-state index is -4.38. The van der Waals surface area contributed by atoms with E-state index in [4.69, 9.17) is 9.84 Å². The zero-order valence-electron chi connectivity index (χ0n) is 12.4. The van der Waals surface area contributed by atoms with Crippen LogP contribution in [0.1, 0.15) is 0 Å². The molecule has 1 N–H and O–H groups in total. The fourth-order valence-corrected chi connectivity index (χ4v) is 3.41. The van der Waals surface area contributed by atoms with Gasteiger partial charge in [0.25, 0.3) is 10.0 Å². The molecule has 0 saturated heterocycles. The van der Waals surface area contributed by atoms with Crippen LogP contribution in [0.2, 0.25) is 0 Å². The molecule has 0 radical (unpaired) electrons. The summed E-state index contributed by atoms with van der Waals surface area (Å²) in [6.07, 6.45) is 0. The number of hydrogen-bond donors (Lipinski definition) is 1. The second-order valence-electron chi connectivity index (χ2n) is 4.68. The third-order valence-corrected chi connectivity index (χ3v) is 4.87. The normalized spacial score (nSPS) is 11.1. The van der Waals surface area contributed by atoms with E-state index in [0.29, 0.717) is 4.31 Å². The number of sulfonamides is 1. The van der Waals surface area contributed by atoms with Crippen molar-refractivity contribution < 1.29 is 31.8 Å². The molecule has 0 saturated carbocycles. The Labute approximate surface area is 137 Å². The van der Waals surface area contributed by atoms with Gasteiger partial charge in [-0.05, 0) is 42.5 Å². The zero-order valence-corrected chi connectivity index (χ0v) is 13.3. The summed E-state index contributed by atoms with van der Waals surface area (Å²) in [7, 11) is -3.15. The maximum atomic E-state index is 13.8. The van der Waals surface area contributed by atoms with E-state index in [1.165, 1.54) is 7.11 Å². The van der Waals surface area contributed by atoms with Crippen LogP contribution in [0.25, 0.3) is 0 Å². The molecule has 0 aliphatic carbocycles. The number of carbonyl (C=O) groups is 1. The summed E-state index contributed by atoms with van der Waals surface area (Å²) < 4.78 is 57.4. The van der Waals surface area contributed by atoms with E-state index in [2.05, 4.69) is 0 Å².